The third-order valence-electron chi connectivity index (χ3n) is 4.03. The molecule has 0 unspecified atom stereocenters. The van der Waals surface area contributed by atoms with E-state index in [-0.39, 0.29) is 5.41 Å². The summed E-state index contributed by atoms with van der Waals surface area (Å²) < 4.78 is 0. The van der Waals surface area contributed by atoms with Gasteiger partial charge in [0.25, 0.3) is 0 Å². The molecule has 1 aliphatic rings. The first kappa shape index (κ1) is 15.9. The van der Waals surface area contributed by atoms with Crippen molar-refractivity contribution in [3.63, 3.8) is 0 Å². The number of nitrogens with two attached hydrogens (primary N) is 1. The van der Waals surface area contributed by atoms with Gasteiger partial charge in [0.15, 0.2) is 0 Å². The first-order valence-electron chi connectivity index (χ1n) is 7.47. The fourth-order valence-electron chi connectivity index (χ4n) is 2.93. The van der Waals surface area contributed by atoms with E-state index in [1.165, 1.54) is 32.5 Å². The van der Waals surface area contributed by atoms with Crippen molar-refractivity contribution in [2.24, 2.45) is 17.1 Å². The normalized spacial score (nSPS) is 20.0. The highest BCUT2D eigenvalue weighted by Gasteiger charge is 2.26. The van der Waals surface area contributed by atoms with E-state index in [1.54, 1.807) is 0 Å². The van der Waals surface area contributed by atoms with Crippen LogP contribution in [0.15, 0.2) is 0 Å². The van der Waals surface area contributed by atoms with Crippen molar-refractivity contribution in [2.75, 3.05) is 39.8 Å². The second-order valence-electron chi connectivity index (χ2n) is 7.21. The van der Waals surface area contributed by atoms with Gasteiger partial charge < -0.3 is 15.5 Å². The maximum absolute atomic E-state index is 5.83. The van der Waals surface area contributed by atoms with Crippen LogP contribution in [0.3, 0.4) is 0 Å². The van der Waals surface area contributed by atoms with Crippen LogP contribution in [-0.4, -0.2) is 55.6 Å². The molecule has 0 saturated carbocycles. The lowest BCUT2D eigenvalue weighted by molar-refractivity contribution is 0.0939. The molecule has 0 aliphatic carbocycles. The lowest BCUT2D eigenvalue weighted by Gasteiger charge is -2.40. The Morgan fingerprint density at radius 3 is 2.28 bits per heavy atom. The molecule has 0 aromatic heterocycles. The molecule has 0 aromatic rings. The summed E-state index contributed by atoms with van der Waals surface area (Å²) in [5.74, 6) is 0.787. The minimum atomic E-state index is 0.240. The van der Waals surface area contributed by atoms with Gasteiger partial charge >= 0.3 is 0 Å². The van der Waals surface area contributed by atoms with E-state index in [2.05, 4.69) is 44.5 Å². The maximum atomic E-state index is 5.83. The Balaban J connectivity index is 2.34. The van der Waals surface area contributed by atoms with Crippen molar-refractivity contribution < 1.29 is 0 Å². The van der Waals surface area contributed by atoms with Gasteiger partial charge in [-0.05, 0) is 50.9 Å². The molecule has 1 saturated heterocycles. The third kappa shape index (κ3) is 5.25. The van der Waals surface area contributed by atoms with Gasteiger partial charge in [-0.1, -0.05) is 27.7 Å². The second kappa shape index (κ2) is 6.88. The Labute approximate surface area is 114 Å². The molecule has 0 radical (unpaired) electrons. The van der Waals surface area contributed by atoms with E-state index in [0.717, 1.165) is 25.0 Å². The molecule has 0 atom stereocenters. The van der Waals surface area contributed by atoms with Crippen molar-refractivity contribution in [1.82, 2.24) is 9.80 Å². The van der Waals surface area contributed by atoms with Crippen LogP contribution in [0.5, 0.6) is 0 Å². The highest BCUT2D eigenvalue weighted by molar-refractivity contribution is 4.82. The molecule has 0 amide bonds. The average Bonchev–Trinajstić information content (AvgIpc) is 2.28. The van der Waals surface area contributed by atoms with E-state index >= 15 is 0 Å². The quantitative estimate of drug-likeness (QED) is 0.788. The molecular formula is C15H33N3. The summed E-state index contributed by atoms with van der Waals surface area (Å²) in [5.41, 5.74) is 6.07. The van der Waals surface area contributed by atoms with Crippen LogP contribution in [0.4, 0.5) is 0 Å². The van der Waals surface area contributed by atoms with Crippen LogP contribution < -0.4 is 5.73 Å². The molecule has 1 fully saturated rings. The van der Waals surface area contributed by atoms with Crippen LogP contribution in [0, 0.1) is 11.3 Å². The number of hydrogen-bond donors (Lipinski definition) is 1. The molecule has 2 N–H and O–H groups in total. The number of nitrogens with zero attached hydrogens (tertiary/aromatic N) is 2. The van der Waals surface area contributed by atoms with Gasteiger partial charge in [0.1, 0.15) is 0 Å². The highest BCUT2D eigenvalue weighted by atomic mass is 15.2. The Morgan fingerprint density at radius 1 is 1.28 bits per heavy atom. The monoisotopic (exact) mass is 255 g/mol. The van der Waals surface area contributed by atoms with Gasteiger partial charge in [0.05, 0.1) is 0 Å². The fourth-order valence-corrected chi connectivity index (χ4v) is 2.93. The van der Waals surface area contributed by atoms with Crippen LogP contribution >= 0.6 is 0 Å². The summed E-state index contributed by atoms with van der Waals surface area (Å²) in [6.07, 6.45) is 2.62. The van der Waals surface area contributed by atoms with Crippen LogP contribution in [0.25, 0.3) is 0 Å². The van der Waals surface area contributed by atoms with E-state index in [0.29, 0.717) is 0 Å². The second-order valence-corrected chi connectivity index (χ2v) is 7.21. The summed E-state index contributed by atoms with van der Waals surface area (Å²) in [6.45, 7) is 14.8. The standard InChI is InChI=1S/C15H33N3/c1-13(2)10-18-8-6-14(7-9-18)17(5)12-15(3,4)11-16/h13-14H,6-12,16H2,1-5H3. The third-order valence-corrected chi connectivity index (χ3v) is 4.03. The van der Waals surface area contributed by atoms with Crippen molar-refractivity contribution in [3.05, 3.63) is 0 Å². The van der Waals surface area contributed by atoms with Gasteiger partial charge in [0, 0.05) is 19.1 Å². The predicted molar refractivity (Wildman–Crippen MR) is 79.8 cm³/mol. The zero-order valence-corrected chi connectivity index (χ0v) is 13.1. The molecule has 108 valence electrons. The molecule has 0 spiro atoms. The molecule has 1 aliphatic heterocycles. The molecule has 18 heavy (non-hydrogen) atoms. The summed E-state index contributed by atoms with van der Waals surface area (Å²) in [6, 6.07) is 0.749. The average molecular weight is 255 g/mol. The zero-order chi connectivity index (χ0) is 13.8. The Hall–Kier alpha value is -0.120. The van der Waals surface area contributed by atoms with Gasteiger partial charge in [0.2, 0.25) is 0 Å². The summed E-state index contributed by atoms with van der Waals surface area (Å²) >= 11 is 0. The van der Waals surface area contributed by atoms with E-state index in [4.69, 9.17) is 5.73 Å². The first-order valence-corrected chi connectivity index (χ1v) is 7.47. The lowest BCUT2D eigenvalue weighted by atomic mass is 9.91. The van der Waals surface area contributed by atoms with Crippen molar-refractivity contribution >= 4 is 0 Å². The summed E-state index contributed by atoms with van der Waals surface area (Å²) in [4.78, 5) is 5.14. The van der Waals surface area contributed by atoms with Crippen LogP contribution in [-0.2, 0) is 0 Å². The lowest BCUT2D eigenvalue weighted by Crippen LogP contribution is -2.47. The van der Waals surface area contributed by atoms with E-state index in [9.17, 15) is 0 Å². The van der Waals surface area contributed by atoms with Crippen molar-refractivity contribution in [2.45, 2.75) is 46.6 Å². The predicted octanol–water partition coefficient (Wildman–Crippen LogP) is 2.02. The smallest absolute Gasteiger partial charge is 0.0117 e. The van der Waals surface area contributed by atoms with Gasteiger partial charge in [-0.25, -0.2) is 0 Å². The van der Waals surface area contributed by atoms with Crippen molar-refractivity contribution in [3.8, 4) is 0 Å². The topological polar surface area (TPSA) is 32.5 Å². The van der Waals surface area contributed by atoms with E-state index < -0.39 is 0 Å². The number of likely N-dealkylation sites (tertiary alicyclic amines) is 1. The maximum Gasteiger partial charge on any atom is 0.0117 e. The molecular weight excluding hydrogens is 222 g/mol. The summed E-state index contributed by atoms with van der Waals surface area (Å²) in [5, 5.41) is 0. The first-order chi connectivity index (χ1) is 8.34. The fraction of sp³-hybridized carbons (Fsp3) is 1.00. The molecule has 3 nitrogen and oxygen atoms in total. The Kier molecular flexibility index (Phi) is 6.09. The SMILES string of the molecule is CC(C)CN1CCC(N(C)CC(C)(C)CN)CC1. The molecule has 0 aromatic carbocycles. The van der Waals surface area contributed by atoms with Gasteiger partial charge in [-0.3, -0.25) is 0 Å². The molecule has 0 bridgehead atoms. The van der Waals surface area contributed by atoms with Gasteiger partial charge in [-0.2, -0.15) is 0 Å². The van der Waals surface area contributed by atoms with Crippen molar-refractivity contribution in [1.29, 1.82) is 0 Å². The molecule has 3 heteroatoms. The van der Waals surface area contributed by atoms with Crippen LogP contribution in [0.1, 0.15) is 40.5 Å². The van der Waals surface area contributed by atoms with Gasteiger partial charge in [-0.15, -0.1) is 0 Å². The Morgan fingerprint density at radius 2 is 1.83 bits per heavy atom. The Bertz CT molecular complexity index is 230. The van der Waals surface area contributed by atoms with E-state index in [1.807, 2.05) is 0 Å². The zero-order valence-electron chi connectivity index (χ0n) is 13.1. The number of piperidine rings is 1. The largest absolute Gasteiger partial charge is 0.330 e. The highest BCUT2D eigenvalue weighted by Crippen LogP contribution is 2.21. The molecule has 1 heterocycles. The minimum Gasteiger partial charge on any atom is -0.330 e. The molecule has 1 rings (SSSR count). The minimum absolute atomic E-state index is 0.240. The number of rotatable bonds is 6. The number of hydrogen-bond acceptors (Lipinski definition) is 3. The summed E-state index contributed by atoms with van der Waals surface area (Å²) in [7, 11) is 2.26. The van der Waals surface area contributed by atoms with Crippen LogP contribution in [0.2, 0.25) is 0 Å².